The fraction of sp³-hybridized carbons (Fsp3) is 0.714. The number of aryl methyl sites for hydroxylation is 1. The Morgan fingerprint density at radius 3 is 2.89 bits per heavy atom. The quantitative estimate of drug-likeness (QED) is 0.740. The minimum absolute atomic E-state index is 0.355. The van der Waals surface area contributed by atoms with Gasteiger partial charge in [0.05, 0.1) is 0 Å². The second-order valence-electron chi connectivity index (χ2n) is 5.78. The molecule has 0 radical (unpaired) electrons. The van der Waals surface area contributed by atoms with Crippen molar-refractivity contribution in [3.05, 3.63) is 17.0 Å². The average molecular weight is 281 g/mol. The Morgan fingerprint density at radius 2 is 2.11 bits per heavy atom. The monoisotopic (exact) mass is 280 g/mol. The molecule has 0 amide bonds. The largest absolute Gasteiger partial charge is 0.351 e. The summed E-state index contributed by atoms with van der Waals surface area (Å²) >= 11 is 6.00. The maximum atomic E-state index is 6.00. The molecule has 1 aromatic rings. The summed E-state index contributed by atoms with van der Waals surface area (Å²) in [5, 5.41) is 0.355. The highest BCUT2D eigenvalue weighted by molar-refractivity contribution is 6.28. The van der Waals surface area contributed by atoms with Gasteiger partial charge in [-0.3, -0.25) is 4.90 Å². The number of aromatic nitrogens is 2. The Balaban J connectivity index is 1.83. The highest BCUT2D eigenvalue weighted by Gasteiger charge is 2.33. The van der Waals surface area contributed by atoms with E-state index in [1.165, 1.54) is 25.8 Å². The van der Waals surface area contributed by atoms with E-state index in [-0.39, 0.29) is 0 Å². The normalized spacial score (nSPS) is 28.3. The molecule has 5 heteroatoms. The zero-order valence-corrected chi connectivity index (χ0v) is 12.4. The molecule has 1 aromatic heterocycles. The second-order valence-corrected chi connectivity index (χ2v) is 6.12. The van der Waals surface area contributed by atoms with Crippen LogP contribution in [0.25, 0.3) is 0 Å². The minimum atomic E-state index is 0.355. The smallest absolute Gasteiger partial charge is 0.224 e. The Bertz CT molecular complexity index is 445. The molecule has 0 saturated carbocycles. The molecule has 2 fully saturated rings. The Morgan fingerprint density at radius 1 is 1.26 bits per heavy atom. The van der Waals surface area contributed by atoms with Crippen molar-refractivity contribution in [3.63, 3.8) is 0 Å². The van der Waals surface area contributed by atoms with Gasteiger partial charge in [-0.25, -0.2) is 9.97 Å². The molecule has 2 atom stereocenters. The van der Waals surface area contributed by atoms with Crippen LogP contribution in [0.1, 0.15) is 31.9 Å². The van der Waals surface area contributed by atoms with Crippen LogP contribution in [0.15, 0.2) is 6.07 Å². The summed E-state index contributed by atoms with van der Waals surface area (Å²) in [7, 11) is 0. The standard InChI is InChI=1S/C14H21ClN4/c1-10-7-13(17-14(15)16-10)19-9-12-5-3-4-6-18(12)8-11(19)2/h7,11-12H,3-6,8-9H2,1-2H3. The predicted octanol–water partition coefficient (Wildman–Crippen LogP) is 2.50. The van der Waals surface area contributed by atoms with E-state index in [2.05, 4.69) is 26.7 Å². The summed E-state index contributed by atoms with van der Waals surface area (Å²) in [6, 6.07) is 3.21. The molecule has 2 aliphatic rings. The van der Waals surface area contributed by atoms with Crippen LogP contribution in [0.3, 0.4) is 0 Å². The van der Waals surface area contributed by atoms with Gasteiger partial charge in [0.1, 0.15) is 5.82 Å². The highest BCUT2D eigenvalue weighted by Crippen LogP contribution is 2.27. The molecular formula is C14H21ClN4. The van der Waals surface area contributed by atoms with Gasteiger partial charge in [-0.15, -0.1) is 0 Å². The summed E-state index contributed by atoms with van der Waals surface area (Å²) in [6.07, 6.45) is 4.01. The zero-order chi connectivity index (χ0) is 13.4. The SMILES string of the molecule is Cc1cc(N2CC3CCCCN3CC2C)nc(Cl)n1. The van der Waals surface area contributed by atoms with E-state index < -0.39 is 0 Å². The molecular weight excluding hydrogens is 260 g/mol. The average Bonchev–Trinajstić information content (AvgIpc) is 2.36. The van der Waals surface area contributed by atoms with Gasteiger partial charge in [0.25, 0.3) is 0 Å². The van der Waals surface area contributed by atoms with Crippen molar-refractivity contribution in [3.8, 4) is 0 Å². The summed E-state index contributed by atoms with van der Waals surface area (Å²) in [5.41, 5.74) is 0.938. The van der Waals surface area contributed by atoms with Crippen molar-refractivity contribution in [2.75, 3.05) is 24.5 Å². The van der Waals surface area contributed by atoms with E-state index in [0.717, 1.165) is 24.6 Å². The topological polar surface area (TPSA) is 32.3 Å². The first-order chi connectivity index (χ1) is 9.13. The van der Waals surface area contributed by atoms with Crippen LogP contribution in [0.4, 0.5) is 5.82 Å². The number of hydrogen-bond donors (Lipinski definition) is 0. The van der Waals surface area contributed by atoms with Crippen molar-refractivity contribution in [1.82, 2.24) is 14.9 Å². The molecule has 19 heavy (non-hydrogen) atoms. The first kappa shape index (κ1) is 13.1. The van der Waals surface area contributed by atoms with Gasteiger partial charge in [-0.2, -0.15) is 0 Å². The van der Waals surface area contributed by atoms with Gasteiger partial charge >= 0.3 is 0 Å². The fourth-order valence-electron chi connectivity index (χ4n) is 3.33. The number of piperidine rings is 1. The van der Waals surface area contributed by atoms with Gasteiger partial charge in [0.2, 0.25) is 5.28 Å². The van der Waals surface area contributed by atoms with E-state index >= 15 is 0 Å². The van der Waals surface area contributed by atoms with Crippen LogP contribution >= 0.6 is 11.6 Å². The van der Waals surface area contributed by atoms with Crippen molar-refractivity contribution >= 4 is 17.4 Å². The van der Waals surface area contributed by atoms with Crippen molar-refractivity contribution in [1.29, 1.82) is 0 Å². The van der Waals surface area contributed by atoms with E-state index in [9.17, 15) is 0 Å². The number of rotatable bonds is 1. The second kappa shape index (κ2) is 5.25. The molecule has 3 rings (SSSR count). The maximum Gasteiger partial charge on any atom is 0.224 e. The lowest BCUT2D eigenvalue weighted by Crippen LogP contribution is -2.59. The third kappa shape index (κ3) is 2.70. The molecule has 0 aliphatic carbocycles. The number of nitrogens with zero attached hydrogens (tertiary/aromatic N) is 4. The molecule has 0 aromatic carbocycles. The van der Waals surface area contributed by atoms with Crippen LogP contribution in [-0.4, -0.2) is 46.6 Å². The van der Waals surface area contributed by atoms with Crippen LogP contribution in [-0.2, 0) is 0 Å². The summed E-state index contributed by atoms with van der Waals surface area (Å²) in [4.78, 5) is 13.6. The number of halogens is 1. The first-order valence-corrected chi connectivity index (χ1v) is 7.53. The lowest BCUT2D eigenvalue weighted by molar-refractivity contribution is 0.115. The molecule has 4 nitrogen and oxygen atoms in total. The van der Waals surface area contributed by atoms with Crippen LogP contribution < -0.4 is 4.90 Å². The molecule has 0 bridgehead atoms. The number of fused-ring (bicyclic) bond motifs is 1. The number of anilines is 1. The Hall–Kier alpha value is -0.870. The van der Waals surface area contributed by atoms with Gasteiger partial charge in [-0.1, -0.05) is 6.42 Å². The summed E-state index contributed by atoms with van der Waals surface area (Å²) in [5.74, 6) is 0.982. The molecule has 2 unspecified atom stereocenters. The van der Waals surface area contributed by atoms with Crippen molar-refractivity contribution in [2.45, 2.75) is 45.2 Å². The van der Waals surface area contributed by atoms with Crippen LogP contribution in [0, 0.1) is 6.92 Å². The zero-order valence-electron chi connectivity index (χ0n) is 11.6. The fourth-order valence-corrected chi connectivity index (χ4v) is 3.55. The van der Waals surface area contributed by atoms with E-state index in [0.29, 0.717) is 17.4 Å². The summed E-state index contributed by atoms with van der Waals surface area (Å²) < 4.78 is 0. The Labute approximate surface area is 119 Å². The van der Waals surface area contributed by atoms with Crippen molar-refractivity contribution < 1.29 is 0 Å². The van der Waals surface area contributed by atoms with Crippen molar-refractivity contribution in [2.24, 2.45) is 0 Å². The van der Waals surface area contributed by atoms with Crippen LogP contribution in [0.2, 0.25) is 5.28 Å². The molecule has 0 N–H and O–H groups in total. The van der Waals surface area contributed by atoms with E-state index in [1.54, 1.807) is 0 Å². The number of hydrogen-bond acceptors (Lipinski definition) is 4. The predicted molar refractivity (Wildman–Crippen MR) is 77.8 cm³/mol. The van der Waals surface area contributed by atoms with Gasteiger partial charge in [0, 0.05) is 36.9 Å². The highest BCUT2D eigenvalue weighted by atomic mass is 35.5. The lowest BCUT2D eigenvalue weighted by atomic mass is 9.97. The third-order valence-electron chi connectivity index (χ3n) is 4.29. The van der Waals surface area contributed by atoms with Gasteiger partial charge < -0.3 is 4.90 Å². The third-order valence-corrected chi connectivity index (χ3v) is 4.46. The molecule has 2 saturated heterocycles. The molecule has 3 heterocycles. The maximum absolute atomic E-state index is 6.00. The lowest BCUT2D eigenvalue weighted by Gasteiger charge is -2.48. The van der Waals surface area contributed by atoms with E-state index in [4.69, 9.17) is 11.6 Å². The number of piperazine rings is 1. The Kier molecular flexibility index (Phi) is 3.63. The van der Waals surface area contributed by atoms with E-state index in [1.807, 2.05) is 13.0 Å². The molecule has 0 spiro atoms. The molecule has 2 aliphatic heterocycles. The van der Waals surface area contributed by atoms with Gasteiger partial charge in [0.15, 0.2) is 0 Å². The summed E-state index contributed by atoms with van der Waals surface area (Å²) in [6.45, 7) is 7.69. The first-order valence-electron chi connectivity index (χ1n) is 7.15. The van der Waals surface area contributed by atoms with Gasteiger partial charge in [-0.05, 0) is 44.8 Å². The minimum Gasteiger partial charge on any atom is -0.351 e. The molecule has 104 valence electrons. The van der Waals surface area contributed by atoms with Crippen LogP contribution in [0.5, 0.6) is 0 Å².